The highest BCUT2D eigenvalue weighted by molar-refractivity contribution is 9.10. The summed E-state index contributed by atoms with van der Waals surface area (Å²) in [6.45, 7) is 0. The van der Waals surface area contributed by atoms with Crippen LogP contribution in [0.2, 0.25) is 0 Å². The molecule has 116 valence electrons. The summed E-state index contributed by atoms with van der Waals surface area (Å²) in [6, 6.07) is 7.73. The summed E-state index contributed by atoms with van der Waals surface area (Å²) in [4.78, 5) is 15.7. The third-order valence-corrected chi connectivity index (χ3v) is 3.98. The molecule has 0 spiro atoms. The van der Waals surface area contributed by atoms with E-state index < -0.39 is 5.91 Å². The van der Waals surface area contributed by atoms with E-state index in [1.54, 1.807) is 4.68 Å². The van der Waals surface area contributed by atoms with Crippen molar-refractivity contribution in [1.82, 2.24) is 9.78 Å². The maximum absolute atomic E-state index is 12.1. The van der Waals surface area contributed by atoms with Crippen LogP contribution in [0, 0.1) is 0 Å². The van der Waals surface area contributed by atoms with Crippen LogP contribution in [0.1, 0.15) is 34.8 Å². The second-order valence-corrected chi connectivity index (χ2v) is 5.78. The van der Waals surface area contributed by atoms with Gasteiger partial charge in [0.25, 0.3) is 5.91 Å². The van der Waals surface area contributed by atoms with E-state index in [4.69, 9.17) is 11.5 Å². The molecule has 1 amide bonds. The molecule has 0 saturated heterocycles. The molecular formula is C14H15BrClN5O. The highest BCUT2D eigenvalue weighted by Gasteiger charge is 2.33. The molecule has 8 heteroatoms. The Balaban J connectivity index is 0.00000176. The van der Waals surface area contributed by atoms with Gasteiger partial charge in [0.05, 0.1) is 23.1 Å². The van der Waals surface area contributed by atoms with Crippen molar-refractivity contribution < 1.29 is 4.79 Å². The van der Waals surface area contributed by atoms with Crippen molar-refractivity contribution in [2.75, 3.05) is 0 Å². The van der Waals surface area contributed by atoms with E-state index in [1.807, 2.05) is 24.3 Å². The van der Waals surface area contributed by atoms with Crippen molar-refractivity contribution in [3.63, 3.8) is 0 Å². The van der Waals surface area contributed by atoms with Crippen LogP contribution in [0.4, 0.5) is 0 Å². The van der Waals surface area contributed by atoms with E-state index in [1.165, 1.54) is 6.20 Å². The number of benzene rings is 1. The lowest BCUT2D eigenvalue weighted by molar-refractivity contribution is 0.100. The first-order chi connectivity index (χ1) is 10.1. The Bertz CT molecular complexity index is 735. The van der Waals surface area contributed by atoms with Gasteiger partial charge in [0.2, 0.25) is 0 Å². The molecule has 1 aromatic heterocycles. The summed E-state index contributed by atoms with van der Waals surface area (Å²) < 4.78 is 2.70. The Morgan fingerprint density at radius 1 is 1.32 bits per heavy atom. The number of carbonyl (C=O) groups excluding carboxylic acids is 1. The first-order valence-corrected chi connectivity index (χ1v) is 7.34. The Kier molecular flexibility index (Phi) is 4.87. The van der Waals surface area contributed by atoms with Gasteiger partial charge >= 0.3 is 0 Å². The molecule has 1 saturated carbocycles. The van der Waals surface area contributed by atoms with Gasteiger partial charge in [0.1, 0.15) is 0 Å². The summed E-state index contributed by atoms with van der Waals surface area (Å²) in [7, 11) is 0. The number of guanidine groups is 1. The van der Waals surface area contributed by atoms with Crippen LogP contribution in [0.25, 0.3) is 5.69 Å². The maximum Gasteiger partial charge on any atom is 0.283 e. The molecule has 0 unspecified atom stereocenters. The second kappa shape index (κ2) is 6.50. The lowest BCUT2D eigenvalue weighted by Gasteiger charge is -2.09. The van der Waals surface area contributed by atoms with E-state index >= 15 is 0 Å². The van der Waals surface area contributed by atoms with Gasteiger partial charge in [-0.25, -0.2) is 4.68 Å². The minimum Gasteiger partial charge on any atom is -0.370 e. The lowest BCUT2D eigenvalue weighted by atomic mass is 10.1. The Labute approximate surface area is 142 Å². The number of nitrogens with two attached hydrogens (primary N) is 2. The molecule has 4 N–H and O–H groups in total. The summed E-state index contributed by atoms with van der Waals surface area (Å²) in [5.41, 5.74) is 12.8. The quantitative estimate of drug-likeness (QED) is 0.626. The predicted octanol–water partition coefficient (Wildman–Crippen LogP) is 2.35. The number of amides is 1. The van der Waals surface area contributed by atoms with Crippen LogP contribution < -0.4 is 11.5 Å². The number of carbonyl (C=O) groups is 1. The average Bonchev–Trinajstić information content (AvgIpc) is 3.17. The molecule has 22 heavy (non-hydrogen) atoms. The highest BCUT2D eigenvalue weighted by atomic mass is 79.9. The number of aliphatic imine (C=N–C) groups is 1. The van der Waals surface area contributed by atoms with Gasteiger partial charge in [0, 0.05) is 10.4 Å². The topological polar surface area (TPSA) is 99.3 Å². The average molecular weight is 385 g/mol. The molecule has 0 radical (unpaired) electrons. The van der Waals surface area contributed by atoms with Gasteiger partial charge < -0.3 is 11.5 Å². The summed E-state index contributed by atoms with van der Waals surface area (Å²) >= 11 is 3.51. The van der Waals surface area contributed by atoms with Gasteiger partial charge in [-0.05, 0) is 40.9 Å². The van der Waals surface area contributed by atoms with Crippen molar-refractivity contribution >= 4 is 40.2 Å². The van der Waals surface area contributed by atoms with Crippen LogP contribution in [0.3, 0.4) is 0 Å². The minimum atomic E-state index is -0.449. The standard InChI is InChI=1S/C14H14BrN5O.ClH/c15-10-3-1-2-4-11(10)20-12(8-5-6-8)9(7-18-20)13(21)19-14(16)17;/h1-4,7-8H,5-6H2,(H4,16,17,19,21);1H. The largest absolute Gasteiger partial charge is 0.370 e. The molecular weight excluding hydrogens is 370 g/mol. The van der Waals surface area contributed by atoms with E-state index in [-0.39, 0.29) is 18.4 Å². The van der Waals surface area contributed by atoms with Gasteiger partial charge in [-0.3, -0.25) is 4.79 Å². The molecule has 6 nitrogen and oxygen atoms in total. The first-order valence-electron chi connectivity index (χ1n) is 6.54. The molecule has 0 bridgehead atoms. The normalized spacial score (nSPS) is 13.3. The Hall–Kier alpha value is -1.86. The van der Waals surface area contributed by atoms with Crippen molar-refractivity contribution in [1.29, 1.82) is 0 Å². The van der Waals surface area contributed by atoms with Gasteiger partial charge in [-0.2, -0.15) is 10.1 Å². The SMILES string of the molecule is Cl.NC(N)=NC(=O)c1cnn(-c2ccccc2Br)c1C1CC1. The van der Waals surface area contributed by atoms with E-state index in [9.17, 15) is 4.79 Å². The number of hydrogen-bond donors (Lipinski definition) is 2. The number of hydrogen-bond acceptors (Lipinski definition) is 2. The summed E-state index contributed by atoms with van der Waals surface area (Å²) in [6.07, 6.45) is 3.61. The third-order valence-electron chi connectivity index (χ3n) is 3.31. The summed E-state index contributed by atoms with van der Waals surface area (Å²) in [5, 5.41) is 4.35. The minimum absolute atomic E-state index is 0. The number of halogens is 2. The molecule has 3 rings (SSSR count). The summed E-state index contributed by atoms with van der Waals surface area (Å²) in [5.74, 6) is -0.363. The van der Waals surface area contributed by atoms with Crippen LogP contribution in [0.15, 0.2) is 39.9 Å². The number of aromatic nitrogens is 2. The Morgan fingerprint density at radius 3 is 2.59 bits per heavy atom. The molecule has 0 aliphatic heterocycles. The smallest absolute Gasteiger partial charge is 0.283 e. The zero-order valence-corrected chi connectivity index (χ0v) is 14.0. The Morgan fingerprint density at radius 2 is 2.00 bits per heavy atom. The molecule has 1 aliphatic rings. The maximum atomic E-state index is 12.1. The second-order valence-electron chi connectivity index (χ2n) is 4.92. The zero-order valence-electron chi connectivity index (χ0n) is 11.6. The first kappa shape index (κ1) is 16.5. The molecule has 1 fully saturated rings. The van der Waals surface area contributed by atoms with Gasteiger partial charge in [-0.15, -0.1) is 12.4 Å². The molecule has 1 aromatic carbocycles. The van der Waals surface area contributed by atoms with Crippen molar-refractivity contribution in [3.8, 4) is 5.69 Å². The fraction of sp³-hybridized carbons (Fsp3) is 0.214. The lowest BCUT2D eigenvalue weighted by Crippen LogP contribution is -2.24. The molecule has 2 aromatic rings. The van der Waals surface area contributed by atoms with Crippen LogP contribution in [-0.4, -0.2) is 21.6 Å². The zero-order chi connectivity index (χ0) is 15.0. The van der Waals surface area contributed by atoms with E-state index in [2.05, 4.69) is 26.0 Å². The van der Waals surface area contributed by atoms with Crippen molar-refractivity contribution in [2.45, 2.75) is 18.8 Å². The predicted molar refractivity (Wildman–Crippen MR) is 90.6 cm³/mol. The molecule has 1 aliphatic carbocycles. The van der Waals surface area contributed by atoms with E-state index in [0.29, 0.717) is 11.5 Å². The van der Waals surface area contributed by atoms with Crippen LogP contribution in [-0.2, 0) is 0 Å². The van der Waals surface area contributed by atoms with E-state index in [0.717, 1.165) is 28.7 Å². The molecule has 1 heterocycles. The number of rotatable bonds is 3. The monoisotopic (exact) mass is 383 g/mol. The fourth-order valence-electron chi connectivity index (χ4n) is 2.27. The van der Waals surface area contributed by atoms with Gasteiger partial charge in [0.15, 0.2) is 5.96 Å². The number of para-hydroxylation sites is 1. The molecule has 0 atom stereocenters. The fourth-order valence-corrected chi connectivity index (χ4v) is 2.72. The number of nitrogens with zero attached hydrogens (tertiary/aromatic N) is 3. The van der Waals surface area contributed by atoms with Crippen molar-refractivity contribution in [3.05, 3.63) is 46.2 Å². The highest BCUT2D eigenvalue weighted by Crippen LogP contribution is 2.43. The van der Waals surface area contributed by atoms with Gasteiger partial charge in [-0.1, -0.05) is 12.1 Å². The van der Waals surface area contributed by atoms with Crippen LogP contribution >= 0.6 is 28.3 Å². The third kappa shape index (κ3) is 3.15. The van der Waals surface area contributed by atoms with Crippen LogP contribution in [0.5, 0.6) is 0 Å². The van der Waals surface area contributed by atoms with Crippen molar-refractivity contribution in [2.24, 2.45) is 16.5 Å².